The molecule has 1 aliphatic carbocycles. The molecule has 0 radical (unpaired) electrons. The van der Waals surface area contributed by atoms with E-state index in [0.717, 1.165) is 11.3 Å². The predicted molar refractivity (Wildman–Crippen MR) is 87.5 cm³/mol. The standard InChI is InChI=1S/C18H19N3O2/c1-21(14-7-3-2-4-8-14)18(23)16-10-15(16)17(22)20-12-13-6-5-9-19-11-13/h2-9,11,15-16H,10,12H2,1H3,(H,20,22). The first-order chi connectivity index (χ1) is 11.2. The zero-order valence-corrected chi connectivity index (χ0v) is 13.0. The Labute approximate surface area is 135 Å². The molecule has 1 aromatic carbocycles. The molecule has 23 heavy (non-hydrogen) atoms. The minimum atomic E-state index is -0.217. The van der Waals surface area contributed by atoms with Crippen molar-refractivity contribution in [1.29, 1.82) is 0 Å². The molecule has 1 aromatic heterocycles. The number of hydrogen-bond acceptors (Lipinski definition) is 3. The number of para-hydroxylation sites is 1. The fraction of sp³-hybridized carbons (Fsp3) is 0.278. The minimum Gasteiger partial charge on any atom is -0.352 e. The molecule has 5 heteroatoms. The van der Waals surface area contributed by atoms with Crippen LogP contribution in [-0.2, 0) is 16.1 Å². The number of carbonyl (C=O) groups is 2. The maximum Gasteiger partial charge on any atom is 0.230 e. The van der Waals surface area contributed by atoms with Crippen LogP contribution < -0.4 is 10.2 Å². The number of rotatable bonds is 5. The van der Waals surface area contributed by atoms with E-state index in [9.17, 15) is 9.59 Å². The summed E-state index contributed by atoms with van der Waals surface area (Å²) in [6.45, 7) is 0.443. The Bertz CT molecular complexity index is 688. The summed E-state index contributed by atoms with van der Waals surface area (Å²) in [6, 6.07) is 13.2. The van der Waals surface area contributed by atoms with Gasteiger partial charge in [0.25, 0.3) is 0 Å². The number of benzene rings is 1. The zero-order valence-electron chi connectivity index (χ0n) is 13.0. The molecule has 0 saturated heterocycles. The molecule has 1 fully saturated rings. The smallest absolute Gasteiger partial charge is 0.230 e. The number of nitrogens with zero attached hydrogens (tertiary/aromatic N) is 2. The number of hydrogen-bond donors (Lipinski definition) is 1. The van der Waals surface area contributed by atoms with Gasteiger partial charge in [0.15, 0.2) is 0 Å². The number of nitrogens with one attached hydrogen (secondary N) is 1. The van der Waals surface area contributed by atoms with Gasteiger partial charge in [0.2, 0.25) is 11.8 Å². The van der Waals surface area contributed by atoms with Crippen LogP contribution in [0.3, 0.4) is 0 Å². The quantitative estimate of drug-likeness (QED) is 0.919. The van der Waals surface area contributed by atoms with Crippen molar-refractivity contribution in [2.24, 2.45) is 11.8 Å². The van der Waals surface area contributed by atoms with Gasteiger partial charge in [-0.25, -0.2) is 0 Å². The first-order valence-electron chi connectivity index (χ1n) is 7.66. The monoisotopic (exact) mass is 309 g/mol. The molecular weight excluding hydrogens is 290 g/mol. The fourth-order valence-corrected chi connectivity index (χ4v) is 2.61. The van der Waals surface area contributed by atoms with Crippen LogP contribution >= 0.6 is 0 Å². The molecule has 118 valence electrons. The maximum absolute atomic E-state index is 12.4. The van der Waals surface area contributed by atoms with Gasteiger partial charge in [-0.3, -0.25) is 14.6 Å². The summed E-state index contributed by atoms with van der Waals surface area (Å²) in [4.78, 5) is 30.2. The number of aromatic nitrogens is 1. The normalized spacial score (nSPS) is 19.0. The Balaban J connectivity index is 1.52. The van der Waals surface area contributed by atoms with E-state index in [4.69, 9.17) is 0 Å². The van der Waals surface area contributed by atoms with Gasteiger partial charge in [-0.05, 0) is 30.2 Å². The van der Waals surface area contributed by atoms with Gasteiger partial charge >= 0.3 is 0 Å². The summed E-state index contributed by atoms with van der Waals surface area (Å²) >= 11 is 0. The third-order valence-corrected chi connectivity index (χ3v) is 4.11. The Kier molecular flexibility index (Phi) is 4.37. The molecule has 1 saturated carbocycles. The van der Waals surface area contributed by atoms with Crippen LogP contribution in [0.15, 0.2) is 54.9 Å². The highest BCUT2D eigenvalue weighted by Gasteiger charge is 2.49. The van der Waals surface area contributed by atoms with E-state index in [-0.39, 0.29) is 23.7 Å². The van der Waals surface area contributed by atoms with Crippen molar-refractivity contribution in [3.05, 3.63) is 60.4 Å². The van der Waals surface area contributed by atoms with E-state index in [1.165, 1.54) is 0 Å². The second-order valence-electron chi connectivity index (χ2n) is 5.76. The van der Waals surface area contributed by atoms with Gasteiger partial charge < -0.3 is 10.2 Å². The molecule has 2 amide bonds. The van der Waals surface area contributed by atoms with Gasteiger partial charge in [-0.15, -0.1) is 0 Å². The Morgan fingerprint density at radius 2 is 1.96 bits per heavy atom. The Hall–Kier alpha value is -2.69. The van der Waals surface area contributed by atoms with Gasteiger partial charge in [0, 0.05) is 31.7 Å². The van der Waals surface area contributed by atoms with Gasteiger partial charge in [0.1, 0.15) is 0 Å². The van der Waals surface area contributed by atoms with Crippen LogP contribution in [0.25, 0.3) is 0 Å². The zero-order chi connectivity index (χ0) is 16.2. The lowest BCUT2D eigenvalue weighted by Crippen LogP contribution is -2.31. The lowest BCUT2D eigenvalue weighted by Gasteiger charge is -2.17. The van der Waals surface area contributed by atoms with Crippen LogP contribution in [0.5, 0.6) is 0 Å². The molecule has 0 spiro atoms. The average Bonchev–Trinajstić information content (AvgIpc) is 3.41. The summed E-state index contributed by atoms with van der Waals surface area (Å²) in [7, 11) is 1.75. The van der Waals surface area contributed by atoms with E-state index in [1.54, 1.807) is 24.3 Å². The molecule has 1 aliphatic rings. The van der Waals surface area contributed by atoms with Crippen molar-refractivity contribution in [2.45, 2.75) is 13.0 Å². The Morgan fingerprint density at radius 3 is 2.65 bits per heavy atom. The van der Waals surface area contributed by atoms with Crippen molar-refractivity contribution < 1.29 is 9.59 Å². The highest BCUT2D eigenvalue weighted by atomic mass is 16.2. The number of anilines is 1. The molecule has 1 N–H and O–H groups in total. The van der Waals surface area contributed by atoms with Crippen LogP contribution in [0, 0.1) is 11.8 Å². The molecule has 2 atom stereocenters. The fourth-order valence-electron chi connectivity index (χ4n) is 2.61. The van der Waals surface area contributed by atoms with E-state index >= 15 is 0 Å². The van der Waals surface area contributed by atoms with Crippen molar-refractivity contribution in [1.82, 2.24) is 10.3 Å². The van der Waals surface area contributed by atoms with Crippen LogP contribution in [-0.4, -0.2) is 23.8 Å². The van der Waals surface area contributed by atoms with Gasteiger partial charge in [-0.2, -0.15) is 0 Å². The lowest BCUT2D eigenvalue weighted by molar-refractivity contribution is -0.126. The van der Waals surface area contributed by atoms with E-state index in [0.29, 0.717) is 13.0 Å². The number of pyridine rings is 1. The van der Waals surface area contributed by atoms with E-state index in [1.807, 2.05) is 42.5 Å². The molecule has 2 unspecified atom stereocenters. The minimum absolute atomic E-state index is 0.00210. The second-order valence-corrected chi connectivity index (χ2v) is 5.76. The molecule has 1 heterocycles. The topological polar surface area (TPSA) is 62.3 Å². The molecular formula is C18H19N3O2. The summed E-state index contributed by atoms with van der Waals surface area (Å²) < 4.78 is 0. The van der Waals surface area contributed by atoms with E-state index < -0.39 is 0 Å². The largest absolute Gasteiger partial charge is 0.352 e. The number of amides is 2. The molecule has 2 aromatic rings. The summed E-state index contributed by atoms with van der Waals surface area (Å²) in [5, 5.41) is 2.87. The van der Waals surface area contributed by atoms with Crippen molar-refractivity contribution in [3.63, 3.8) is 0 Å². The van der Waals surface area contributed by atoms with Crippen LogP contribution in [0.1, 0.15) is 12.0 Å². The summed E-state index contributed by atoms with van der Waals surface area (Å²) in [6.07, 6.45) is 4.04. The third kappa shape index (κ3) is 3.56. The summed E-state index contributed by atoms with van der Waals surface area (Å²) in [5.74, 6) is -0.495. The van der Waals surface area contributed by atoms with E-state index in [2.05, 4.69) is 10.3 Å². The first kappa shape index (κ1) is 15.2. The van der Waals surface area contributed by atoms with Gasteiger partial charge in [-0.1, -0.05) is 24.3 Å². The SMILES string of the molecule is CN(C(=O)C1CC1C(=O)NCc1cccnc1)c1ccccc1. The number of carbonyl (C=O) groups excluding carboxylic acids is 2. The predicted octanol–water partition coefficient (Wildman–Crippen LogP) is 2.00. The Morgan fingerprint density at radius 1 is 1.17 bits per heavy atom. The first-order valence-corrected chi connectivity index (χ1v) is 7.66. The van der Waals surface area contributed by atoms with Crippen molar-refractivity contribution in [2.75, 3.05) is 11.9 Å². The molecule has 0 aliphatic heterocycles. The van der Waals surface area contributed by atoms with Crippen molar-refractivity contribution >= 4 is 17.5 Å². The van der Waals surface area contributed by atoms with Gasteiger partial charge in [0.05, 0.1) is 11.8 Å². The highest BCUT2D eigenvalue weighted by Crippen LogP contribution is 2.40. The average molecular weight is 309 g/mol. The third-order valence-electron chi connectivity index (χ3n) is 4.11. The van der Waals surface area contributed by atoms with Crippen LogP contribution in [0.2, 0.25) is 0 Å². The summed E-state index contributed by atoms with van der Waals surface area (Å²) in [5.41, 5.74) is 1.80. The lowest BCUT2D eigenvalue weighted by atomic mass is 10.2. The van der Waals surface area contributed by atoms with Crippen LogP contribution in [0.4, 0.5) is 5.69 Å². The molecule has 5 nitrogen and oxygen atoms in total. The highest BCUT2D eigenvalue weighted by molar-refractivity contribution is 6.00. The molecule has 3 rings (SSSR count). The second kappa shape index (κ2) is 6.60. The van der Waals surface area contributed by atoms with Crippen molar-refractivity contribution in [3.8, 4) is 0 Å². The molecule has 0 bridgehead atoms. The maximum atomic E-state index is 12.4.